The van der Waals surface area contributed by atoms with Crippen LogP contribution in [0, 0.1) is 0 Å². The van der Waals surface area contributed by atoms with Gasteiger partial charge in [0.15, 0.2) is 0 Å². The molecule has 1 aliphatic heterocycles. The van der Waals surface area contributed by atoms with Gasteiger partial charge in [0.25, 0.3) is 0 Å². The van der Waals surface area contributed by atoms with Gasteiger partial charge in [0.2, 0.25) is 11.8 Å². The molecule has 0 bridgehead atoms. The number of unbranched alkanes of at least 4 members (excludes halogenated alkanes) is 1. The highest BCUT2D eigenvalue weighted by Gasteiger charge is 2.35. The molecule has 27 heavy (non-hydrogen) atoms. The van der Waals surface area contributed by atoms with Crippen LogP contribution in [0.15, 0.2) is 24.4 Å². The van der Waals surface area contributed by atoms with Crippen molar-refractivity contribution < 1.29 is 9.59 Å². The van der Waals surface area contributed by atoms with Crippen molar-refractivity contribution in [1.29, 1.82) is 0 Å². The van der Waals surface area contributed by atoms with Crippen LogP contribution in [0.25, 0.3) is 0 Å². The van der Waals surface area contributed by atoms with Crippen LogP contribution < -0.4 is 5.32 Å². The van der Waals surface area contributed by atoms with Crippen molar-refractivity contribution in [2.75, 3.05) is 19.6 Å². The van der Waals surface area contributed by atoms with Crippen molar-refractivity contribution in [3.8, 4) is 0 Å². The lowest BCUT2D eigenvalue weighted by molar-refractivity contribution is -0.140. The van der Waals surface area contributed by atoms with Gasteiger partial charge in [-0.25, -0.2) is 0 Å². The van der Waals surface area contributed by atoms with E-state index < -0.39 is 6.04 Å². The second-order valence-corrected chi connectivity index (χ2v) is 7.68. The zero-order valence-corrected chi connectivity index (χ0v) is 16.4. The summed E-state index contributed by atoms with van der Waals surface area (Å²) in [6, 6.07) is 5.77. The van der Waals surface area contributed by atoms with Crippen LogP contribution in [-0.4, -0.2) is 58.3 Å². The van der Waals surface area contributed by atoms with Crippen LogP contribution in [0.4, 0.5) is 0 Å². The molecule has 1 N–H and O–H groups in total. The van der Waals surface area contributed by atoms with Gasteiger partial charge in [0.05, 0.1) is 18.2 Å². The van der Waals surface area contributed by atoms with Crippen LogP contribution in [0.1, 0.15) is 57.6 Å². The predicted octanol–water partition coefficient (Wildman–Crippen LogP) is 2.34. The molecule has 6 heteroatoms. The number of amides is 2. The van der Waals surface area contributed by atoms with E-state index >= 15 is 0 Å². The second kappa shape index (κ2) is 9.83. The highest BCUT2D eigenvalue weighted by molar-refractivity contribution is 5.89. The van der Waals surface area contributed by atoms with Gasteiger partial charge in [-0.1, -0.05) is 32.3 Å². The molecule has 0 spiro atoms. The molecule has 1 aliphatic carbocycles. The van der Waals surface area contributed by atoms with E-state index in [0.29, 0.717) is 19.1 Å². The van der Waals surface area contributed by atoms with Crippen LogP contribution in [0.2, 0.25) is 0 Å². The topological polar surface area (TPSA) is 65.5 Å². The van der Waals surface area contributed by atoms with Gasteiger partial charge in [-0.05, 0) is 31.4 Å². The fourth-order valence-corrected chi connectivity index (χ4v) is 4.21. The molecule has 3 rings (SSSR count). The summed E-state index contributed by atoms with van der Waals surface area (Å²) in [5, 5.41) is 2.93. The molecule has 2 heterocycles. The zero-order chi connectivity index (χ0) is 19.1. The highest BCUT2D eigenvalue weighted by atomic mass is 16.2. The van der Waals surface area contributed by atoms with Crippen molar-refractivity contribution in [3.63, 3.8) is 0 Å². The lowest BCUT2D eigenvalue weighted by Crippen LogP contribution is -2.56. The summed E-state index contributed by atoms with van der Waals surface area (Å²) in [6.07, 6.45) is 8.74. The van der Waals surface area contributed by atoms with Gasteiger partial charge in [-0.3, -0.25) is 19.5 Å². The zero-order valence-electron chi connectivity index (χ0n) is 16.4. The maximum absolute atomic E-state index is 13.2. The van der Waals surface area contributed by atoms with E-state index in [2.05, 4.69) is 27.0 Å². The Kier molecular flexibility index (Phi) is 7.21. The molecule has 0 radical (unpaired) electrons. The van der Waals surface area contributed by atoms with Gasteiger partial charge < -0.3 is 10.2 Å². The number of carbonyl (C=O) groups is 2. The number of aromatic nitrogens is 1. The van der Waals surface area contributed by atoms with Crippen molar-refractivity contribution in [3.05, 3.63) is 30.1 Å². The number of nitrogens with one attached hydrogen (secondary N) is 1. The molecule has 1 atom stereocenters. The summed E-state index contributed by atoms with van der Waals surface area (Å²) in [7, 11) is 0. The minimum Gasteiger partial charge on any atom is -0.353 e. The smallest absolute Gasteiger partial charge is 0.237 e. The van der Waals surface area contributed by atoms with Crippen LogP contribution in [0.5, 0.6) is 0 Å². The van der Waals surface area contributed by atoms with Gasteiger partial charge in [0, 0.05) is 38.4 Å². The quantitative estimate of drug-likeness (QED) is 0.761. The molecule has 1 aromatic rings. The van der Waals surface area contributed by atoms with Crippen molar-refractivity contribution in [2.24, 2.45) is 0 Å². The average Bonchev–Trinajstić information content (AvgIpc) is 3.20. The third-order valence-electron chi connectivity index (χ3n) is 5.74. The summed E-state index contributed by atoms with van der Waals surface area (Å²) in [4.78, 5) is 34.2. The van der Waals surface area contributed by atoms with E-state index in [1.165, 1.54) is 12.8 Å². The third kappa shape index (κ3) is 5.28. The number of rotatable bonds is 8. The lowest BCUT2D eigenvalue weighted by atomic mass is 10.1. The number of piperazine rings is 1. The largest absolute Gasteiger partial charge is 0.353 e. The Balaban J connectivity index is 1.68. The van der Waals surface area contributed by atoms with E-state index in [9.17, 15) is 9.59 Å². The molecule has 6 nitrogen and oxygen atoms in total. The van der Waals surface area contributed by atoms with E-state index in [-0.39, 0.29) is 18.2 Å². The number of hydrogen-bond donors (Lipinski definition) is 1. The molecular formula is C21H32N4O2. The molecule has 1 aromatic heterocycles. The molecule has 1 saturated carbocycles. The minimum atomic E-state index is -0.404. The van der Waals surface area contributed by atoms with Crippen molar-refractivity contribution >= 4 is 11.8 Å². The van der Waals surface area contributed by atoms with Crippen LogP contribution >= 0.6 is 0 Å². The fourth-order valence-electron chi connectivity index (χ4n) is 4.21. The van der Waals surface area contributed by atoms with Crippen molar-refractivity contribution in [1.82, 2.24) is 20.1 Å². The van der Waals surface area contributed by atoms with Gasteiger partial charge in [0.1, 0.15) is 0 Å². The fraction of sp³-hybridized carbons (Fsp3) is 0.667. The first kappa shape index (κ1) is 19.8. The average molecular weight is 373 g/mol. The summed E-state index contributed by atoms with van der Waals surface area (Å²) in [5.41, 5.74) is 0.934. The minimum absolute atomic E-state index is 0.0348. The van der Waals surface area contributed by atoms with E-state index in [1.807, 2.05) is 18.2 Å². The Morgan fingerprint density at radius 3 is 2.85 bits per heavy atom. The number of hydrogen-bond acceptors (Lipinski definition) is 4. The molecule has 2 amide bonds. The second-order valence-electron chi connectivity index (χ2n) is 7.68. The monoisotopic (exact) mass is 372 g/mol. The normalized spacial score (nSPS) is 21.2. The maximum Gasteiger partial charge on any atom is 0.237 e. The van der Waals surface area contributed by atoms with Crippen molar-refractivity contribution in [2.45, 2.75) is 70.5 Å². The maximum atomic E-state index is 13.2. The molecule has 2 fully saturated rings. The highest BCUT2D eigenvalue weighted by Crippen LogP contribution is 2.25. The lowest BCUT2D eigenvalue weighted by Gasteiger charge is -2.36. The predicted molar refractivity (Wildman–Crippen MR) is 105 cm³/mol. The number of carbonyl (C=O) groups excluding carboxylic acids is 2. The van der Waals surface area contributed by atoms with E-state index in [0.717, 1.165) is 44.5 Å². The first-order valence-electron chi connectivity index (χ1n) is 10.4. The van der Waals surface area contributed by atoms with E-state index in [1.54, 1.807) is 6.20 Å². The number of pyridine rings is 1. The molecule has 148 valence electrons. The molecule has 1 saturated heterocycles. The standard InChI is InChI=1S/C21H32N4O2/c1-2-3-13-25(18-9-4-5-10-18)20(26)15-19-21(27)23-12-14-24(19)16-17-8-6-7-11-22-17/h6-8,11,18-19H,2-5,9-10,12-16H2,1H3,(H,23,27)/t19-/m0/s1. The van der Waals surface area contributed by atoms with Crippen LogP contribution in [0.3, 0.4) is 0 Å². The van der Waals surface area contributed by atoms with Crippen LogP contribution in [-0.2, 0) is 16.1 Å². The van der Waals surface area contributed by atoms with E-state index in [4.69, 9.17) is 0 Å². The summed E-state index contributed by atoms with van der Waals surface area (Å²) in [6.45, 7) is 4.94. The SMILES string of the molecule is CCCCN(C(=O)C[C@H]1C(=O)NCCN1Cc1ccccn1)C1CCCC1. The first-order valence-corrected chi connectivity index (χ1v) is 10.4. The molecule has 0 aromatic carbocycles. The third-order valence-corrected chi connectivity index (χ3v) is 5.74. The molecule has 0 unspecified atom stereocenters. The Labute approximate surface area is 162 Å². The van der Waals surface area contributed by atoms with Gasteiger partial charge in [-0.2, -0.15) is 0 Å². The summed E-state index contributed by atoms with van der Waals surface area (Å²) in [5.74, 6) is 0.0933. The summed E-state index contributed by atoms with van der Waals surface area (Å²) >= 11 is 0. The Hall–Kier alpha value is -1.95. The Morgan fingerprint density at radius 1 is 1.33 bits per heavy atom. The van der Waals surface area contributed by atoms with Gasteiger partial charge in [-0.15, -0.1) is 0 Å². The molecular weight excluding hydrogens is 340 g/mol. The molecule has 2 aliphatic rings. The Morgan fingerprint density at radius 2 is 2.15 bits per heavy atom. The Bertz CT molecular complexity index is 616. The van der Waals surface area contributed by atoms with Gasteiger partial charge >= 0.3 is 0 Å². The number of nitrogens with zero attached hydrogens (tertiary/aromatic N) is 3. The first-order chi connectivity index (χ1) is 13.2. The summed E-state index contributed by atoms with van der Waals surface area (Å²) < 4.78 is 0.